The molecule has 0 radical (unpaired) electrons. The van der Waals surface area contributed by atoms with E-state index >= 15 is 0 Å². The number of halogens is 3. The lowest BCUT2D eigenvalue weighted by atomic mass is 10.3. The van der Waals surface area contributed by atoms with Gasteiger partial charge in [0.25, 0.3) is 0 Å². The van der Waals surface area contributed by atoms with E-state index in [0.29, 0.717) is 13.0 Å². The molecular weight excluding hydrogens is 213 g/mol. The number of amides is 1. The summed E-state index contributed by atoms with van der Waals surface area (Å²) in [5.41, 5.74) is 0. The zero-order chi connectivity index (χ0) is 11.5. The van der Waals surface area contributed by atoms with E-state index in [1.165, 1.54) is 4.90 Å². The van der Waals surface area contributed by atoms with Gasteiger partial charge in [-0.05, 0) is 6.42 Å². The molecule has 1 saturated heterocycles. The minimum Gasteiger partial charge on any atom is -0.391 e. The predicted molar refractivity (Wildman–Crippen MR) is 46.1 cm³/mol. The van der Waals surface area contributed by atoms with E-state index in [1.54, 1.807) is 0 Å². The molecule has 0 aliphatic carbocycles. The average Bonchev–Trinajstić information content (AvgIpc) is 2.49. The molecule has 1 amide bonds. The van der Waals surface area contributed by atoms with Crippen LogP contribution in [0.1, 0.15) is 6.42 Å². The van der Waals surface area contributed by atoms with Crippen molar-refractivity contribution < 1.29 is 23.1 Å². The number of β-amino-alcohol motifs (C(OH)–C–C–N with tert-alkyl or cyclic N) is 1. The van der Waals surface area contributed by atoms with Crippen LogP contribution in [0.25, 0.3) is 0 Å². The highest BCUT2D eigenvalue weighted by atomic mass is 19.4. The number of aliphatic hydroxyl groups excluding tert-OH is 1. The monoisotopic (exact) mass is 226 g/mol. The molecule has 4 nitrogen and oxygen atoms in total. The van der Waals surface area contributed by atoms with Gasteiger partial charge in [0.1, 0.15) is 0 Å². The summed E-state index contributed by atoms with van der Waals surface area (Å²) in [5.74, 6) is -0.407. The highest BCUT2D eigenvalue weighted by Gasteiger charge is 2.28. The number of rotatable bonds is 3. The Bertz CT molecular complexity index is 232. The van der Waals surface area contributed by atoms with Crippen LogP contribution in [-0.2, 0) is 4.79 Å². The number of carbonyl (C=O) groups excluding carboxylic acids is 1. The zero-order valence-corrected chi connectivity index (χ0v) is 8.05. The quantitative estimate of drug-likeness (QED) is 0.696. The van der Waals surface area contributed by atoms with Crippen LogP contribution in [0.4, 0.5) is 13.2 Å². The molecule has 2 N–H and O–H groups in total. The van der Waals surface area contributed by atoms with Crippen LogP contribution in [-0.4, -0.2) is 54.4 Å². The Morgan fingerprint density at radius 2 is 2.20 bits per heavy atom. The van der Waals surface area contributed by atoms with Gasteiger partial charge in [-0.15, -0.1) is 0 Å². The van der Waals surface area contributed by atoms with Crippen molar-refractivity contribution in [2.75, 3.05) is 26.2 Å². The largest absolute Gasteiger partial charge is 0.401 e. The Balaban J connectivity index is 2.19. The number of alkyl halides is 3. The summed E-state index contributed by atoms with van der Waals surface area (Å²) >= 11 is 0. The van der Waals surface area contributed by atoms with Crippen molar-refractivity contribution in [2.24, 2.45) is 0 Å². The Morgan fingerprint density at radius 3 is 2.67 bits per heavy atom. The predicted octanol–water partition coefficient (Wildman–Crippen LogP) is -0.268. The van der Waals surface area contributed by atoms with Gasteiger partial charge in [-0.25, -0.2) is 0 Å². The highest BCUT2D eigenvalue weighted by Crippen LogP contribution is 2.12. The molecule has 15 heavy (non-hydrogen) atoms. The Labute approximate surface area is 85.1 Å². The Morgan fingerprint density at radius 1 is 1.53 bits per heavy atom. The molecule has 1 heterocycles. The van der Waals surface area contributed by atoms with Gasteiger partial charge in [0.05, 0.1) is 19.2 Å². The molecule has 1 fully saturated rings. The Hall–Kier alpha value is -0.820. The fourth-order valence-corrected chi connectivity index (χ4v) is 1.39. The highest BCUT2D eigenvalue weighted by molar-refractivity contribution is 5.78. The molecule has 1 aliphatic rings. The van der Waals surface area contributed by atoms with Crippen LogP contribution in [0, 0.1) is 0 Å². The molecule has 0 aromatic heterocycles. The van der Waals surface area contributed by atoms with E-state index in [-0.39, 0.29) is 13.1 Å². The molecule has 1 aliphatic heterocycles. The minimum absolute atomic E-state index is 0.215. The van der Waals surface area contributed by atoms with Gasteiger partial charge >= 0.3 is 6.18 Å². The van der Waals surface area contributed by atoms with Crippen LogP contribution >= 0.6 is 0 Å². The first-order valence-electron chi connectivity index (χ1n) is 4.62. The summed E-state index contributed by atoms with van der Waals surface area (Å²) in [6, 6.07) is 0. The molecule has 0 saturated carbocycles. The molecule has 1 atom stereocenters. The van der Waals surface area contributed by atoms with Crippen molar-refractivity contribution in [3.05, 3.63) is 0 Å². The normalized spacial score (nSPS) is 22.1. The summed E-state index contributed by atoms with van der Waals surface area (Å²) in [6.45, 7) is -0.887. The first kappa shape index (κ1) is 12.3. The number of nitrogens with zero attached hydrogens (tertiary/aromatic N) is 1. The van der Waals surface area contributed by atoms with Crippen LogP contribution < -0.4 is 5.32 Å². The van der Waals surface area contributed by atoms with Gasteiger partial charge in [0, 0.05) is 13.1 Å². The van der Waals surface area contributed by atoms with Crippen molar-refractivity contribution in [3.63, 3.8) is 0 Å². The third kappa shape index (κ3) is 4.48. The van der Waals surface area contributed by atoms with Crippen molar-refractivity contribution >= 4 is 5.91 Å². The van der Waals surface area contributed by atoms with Gasteiger partial charge in [0.2, 0.25) is 5.91 Å². The fourth-order valence-electron chi connectivity index (χ4n) is 1.39. The van der Waals surface area contributed by atoms with E-state index < -0.39 is 24.7 Å². The molecule has 7 heteroatoms. The van der Waals surface area contributed by atoms with Crippen LogP contribution in [0.3, 0.4) is 0 Å². The smallest absolute Gasteiger partial charge is 0.391 e. The van der Waals surface area contributed by atoms with Gasteiger partial charge in [-0.3, -0.25) is 4.79 Å². The molecule has 0 bridgehead atoms. The SMILES string of the molecule is O=C(CNCC(F)(F)F)N1CCC(O)C1. The molecule has 0 aromatic carbocycles. The average molecular weight is 226 g/mol. The van der Waals surface area contributed by atoms with Crippen molar-refractivity contribution in [1.82, 2.24) is 10.2 Å². The maximum atomic E-state index is 11.7. The first-order valence-corrected chi connectivity index (χ1v) is 4.62. The van der Waals surface area contributed by atoms with E-state index in [0.717, 1.165) is 0 Å². The number of hydrogen-bond acceptors (Lipinski definition) is 3. The third-order valence-electron chi connectivity index (χ3n) is 2.12. The van der Waals surface area contributed by atoms with Crippen LogP contribution in [0.5, 0.6) is 0 Å². The molecule has 1 unspecified atom stereocenters. The van der Waals surface area contributed by atoms with Crippen molar-refractivity contribution in [3.8, 4) is 0 Å². The molecule has 0 spiro atoms. The van der Waals surface area contributed by atoms with Crippen LogP contribution in [0.15, 0.2) is 0 Å². The van der Waals surface area contributed by atoms with E-state index in [2.05, 4.69) is 0 Å². The summed E-state index contributed by atoms with van der Waals surface area (Å²) in [5, 5.41) is 11.1. The lowest BCUT2D eigenvalue weighted by Crippen LogP contribution is -2.40. The van der Waals surface area contributed by atoms with Gasteiger partial charge < -0.3 is 15.3 Å². The maximum absolute atomic E-state index is 11.7. The second kappa shape index (κ2) is 4.80. The van der Waals surface area contributed by atoms with Crippen molar-refractivity contribution in [2.45, 2.75) is 18.7 Å². The van der Waals surface area contributed by atoms with Gasteiger partial charge in [-0.1, -0.05) is 0 Å². The van der Waals surface area contributed by atoms with Gasteiger partial charge in [0.15, 0.2) is 0 Å². The maximum Gasteiger partial charge on any atom is 0.401 e. The topological polar surface area (TPSA) is 52.6 Å². The molecule has 1 rings (SSSR count). The third-order valence-corrected chi connectivity index (χ3v) is 2.12. The number of aliphatic hydroxyl groups is 1. The van der Waals surface area contributed by atoms with Gasteiger partial charge in [-0.2, -0.15) is 13.2 Å². The van der Waals surface area contributed by atoms with Crippen molar-refractivity contribution in [1.29, 1.82) is 0 Å². The molecule has 88 valence electrons. The number of likely N-dealkylation sites (tertiary alicyclic amines) is 1. The number of carbonyl (C=O) groups is 1. The van der Waals surface area contributed by atoms with E-state index in [1.807, 2.05) is 5.32 Å². The molecule has 0 aromatic rings. The summed E-state index contributed by atoms with van der Waals surface area (Å²) in [4.78, 5) is 12.6. The fraction of sp³-hybridized carbons (Fsp3) is 0.875. The lowest BCUT2D eigenvalue weighted by molar-refractivity contribution is -0.133. The van der Waals surface area contributed by atoms with E-state index in [9.17, 15) is 18.0 Å². The Kier molecular flexibility index (Phi) is 3.92. The van der Waals surface area contributed by atoms with Crippen LogP contribution in [0.2, 0.25) is 0 Å². The second-order valence-corrected chi connectivity index (χ2v) is 3.50. The summed E-state index contributed by atoms with van der Waals surface area (Å²) in [7, 11) is 0. The lowest BCUT2D eigenvalue weighted by Gasteiger charge is -2.16. The molecular formula is C8H13F3N2O2. The van der Waals surface area contributed by atoms with E-state index in [4.69, 9.17) is 5.11 Å². The summed E-state index contributed by atoms with van der Waals surface area (Å²) in [6.07, 6.45) is -4.35. The summed E-state index contributed by atoms with van der Waals surface area (Å²) < 4.78 is 35.2. The number of hydrogen-bond donors (Lipinski definition) is 2. The minimum atomic E-state index is -4.30. The number of nitrogens with one attached hydrogen (secondary N) is 1. The second-order valence-electron chi connectivity index (χ2n) is 3.50. The standard InChI is InChI=1S/C8H13F3N2O2/c9-8(10,11)5-12-3-7(15)13-2-1-6(14)4-13/h6,12,14H,1-5H2. The first-order chi connectivity index (χ1) is 6.88. The zero-order valence-electron chi connectivity index (χ0n) is 8.05.